The van der Waals surface area contributed by atoms with Crippen molar-refractivity contribution in [2.24, 2.45) is 5.92 Å². The minimum absolute atomic E-state index is 0.0430. The molecule has 0 spiro atoms. The molecule has 0 radical (unpaired) electrons. The number of imide groups is 1. The molecule has 292 valence electrons. The highest BCUT2D eigenvalue weighted by Crippen LogP contribution is 2.37. The Balaban J connectivity index is 0.916. The first kappa shape index (κ1) is 38.2. The van der Waals surface area contributed by atoms with Crippen LogP contribution in [-0.4, -0.2) is 81.9 Å². The lowest BCUT2D eigenvalue weighted by atomic mass is 9.80. The highest BCUT2D eigenvalue weighted by atomic mass is 19.3. The number of piperidine rings is 2. The third kappa shape index (κ3) is 9.23. The molecule has 2 aliphatic heterocycles. The molecule has 4 aromatic rings. The Kier molecular flexibility index (Phi) is 11.6. The molecule has 55 heavy (non-hydrogen) atoms. The molecule has 1 saturated carbocycles. The van der Waals surface area contributed by atoms with Crippen LogP contribution in [0.3, 0.4) is 0 Å². The summed E-state index contributed by atoms with van der Waals surface area (Å²) in [6, 6.07) is 14.2. The molecule has 1 atom stereocenters. The summed E-state index contributed by atoms with van der Waals surface area (Å²) in [7, 11) is 2.26. The number of hydrogen-bond donors (Lipinski definition) is 3. The van der Waals surface area contributed by atoms with E-state index in [-0.39, 0.29) is 29.3 Å². The lowest BCUT2D eigenvalue weighted by molar-refractivity contribution is -0.133. The fourth-order valence-corrected chi connectivity index (χ4v) is 8.17. The second-order valence-corrected chi connectivity index (χ2v) is 15.4. The van der Waals surface area contributed by atoms with Crippen LogP contribution in [0.1, 0.15) is 99.3 Å². The fourth-order valence-electron chi connectivity index (χ4n) is 8.17. The highest BCUT2D eigenvalue weighted by molar-refractivity contribution is 6.06. The van der Waals surface area contributed by atoms with E-state index in [0.29, 0.717) is 42.1 Å². The zero-order valence-corrected chi connectivity index (χ0v) is 31.6. The molecule has 1 aliphatic carbocycles. The monoisotopic (exact) mass is 756 g/mol. The number of carbonyl (C=O) groups is 3. The second-order valence-electron chi connectivity index (χ2n) is 15.4. The van der Waals surface area contributed by atoms with E-state index in [1.807, 2.05) is 36.6 Å². The van der Waals surface area contributed by atoms with Crippen LogP contribution in [-0.2, 0) is 9.59 Å². The number of carbonyl (C=O) groups excluding carboxylic acids is 3. The van der Waals surface area contributed by atoms with Crippen molar-refractivity contribution in [3.8, 4) is 5.75 Å². The molecule has 3 fully saturated rings. The van der Waals surface area contributed by atoms with E-state index in [2.05, 4.69) is 49.9 Å². The first-order valence-electron chi connectivity index (χ1n) is 19.4. The summed E-state index contributed by atoms with van der Waals surface area (Å²) in [5.74, 6) is 0.363. The van der Waals surface area contributed by atoms with Crippen molar-refractivity contribution < 1.29 is 27.9 Å². The van der Waals surface area contributed by atoms with E-state index in [1.165, 1.54) is 18.2 Å². The molecular weight excluding hydrogens is 706 g/mol. The maximum Gasteiger partial charge on any atom is 0.280 e. The number of amides is 3. The summed E-state index contributed by atoms with van der Waals surface area (Å²) in [6.45, 7) is 6.75. The average molecular weight is 757 g/mol. The Morgan fingerprint density at radius 1 is 0.982 bits per heavy atom. The van der Waals surface area contributed by atoms with Crippen molar-refractivity contribution in [1.82, 2.24) is 24.6 Å². The third-order valence-corrected chi connectivity index (χ3v) is 11.1. The normalized spacial score (nSPS) is 21.0. The number of benzene rings is 1. The van der Waals surface area contributed by atoms with Crippen LogP contribution in [0.4, 0.5) is 26.0 Å². The van der Waals surface area contributed by atoms with Gasteiger partial charge in [0, 0.05) is 67.8 Å². The molecule has 14 heteroatoms. The number of pyridine rings is 2. The quantitative estimate of drug-likeness (QED) is 0.134. The van der Waals surface area contributed by atoms with Crippen LogP contribution < -0.4 is 25.6 Å². The van der Waals surface area contributed by atoms with E-state index >= 15 is 0 Å². The molecule has 1 aromatic carbocycles. The summed E-state index contributed by atoms with van der Waals surface area (Å²) >= 11 is 0. The number of aromatic nitrogens is 3. The molecular formula is C41H50F2N8O4. The SMILES string of the molecule is CC(C)Oc1cc2nc(C3CCC(CN(C)C4CCN(c5cccc(NC6CCC(=O)NC6=O)c5)CC4)CC3)cn2cc1C(=O)Nc1cccc(C(F)F)n1. The van der Waals surface area contributed by atoms with Crippen LogP contribution in [0, 0.1) is 5.92 Å². The first-order valence-corrected chi connectivity index (χ1v) is 19.4. The first-order chi connectivity index (χ1) is 26.5. The van der Waals surface area contributed by atoms with Gasteiger partial charge in [-0.25, -0.2) is 18.7 Å². The van der Waals surface area contributed by atoms with Crippen molar-refractivity contribution in [2.45, 2.75) is 95.7 Å². The summed E-state index contributed by atoms with van der Waals surface area (Å²) in [5.41, 5.74) is 3.57. The van der Waals surface area contributed by atoms with E-state index in [4.69, 9.17) is 9.72 Å². The number of anilines is 3. The Bertz CT molecular complexity index is 2010. The lowest BCUT2D eigenvalue weighted by Gasteiger charge is -2.40. The van der Waals surface area contributed by atoms with Crippen LogP contribution in [0.15, 0.2) is 60.9 Å². The minimum Gasteiger partial charge on any atom is -0.490 e. The zero-order valence-electron chi connectivity index (χ0n) is 31.6. The van der Waals surface area contributed by atoms with Gasteiger partial charge in [-0.3, -0.25) is 19.7 Å². The third-order valence-electron chi connectivity index (χ3n) is 11.1. The van der Waals surface area contributed by atoms with Gasteiger partial charge in [0.25, 0.3) is 12.3 Å². The molecule has 0 bridgehead atoms. The van der Waals surface area contributed by atoms with Crippen molar-refractivity contribution in [3.05, 3.63) is 77.9 Å². The predicted molar refractivity (Wildman–Crippen MR) is 207 cm³/mol. The number of ether oxygens (including phenoxy) is 1. The van der Waals surface area contributed by atoms with Gasteiger partial charge in [0.2, 0.25) is 11.8 Å². The number of rotatable bonds is 12. The smallest absolute Gasteiger partial charge is 0.280 e. The van der Waals surface area contributed by atoms with Gasteiger partial charge in [0.1, 0.15) is 29.0 Å². The minimum atomic E-state index is -2.74. The number of imidazole rings is 1. The summed E-state index contributed by atoms with van der Waals surface area (Å²) in [4.78, 5) is 50.9. The Morgan fingerprint density at radius 3 is 2.47 bits per heavy atom. The van der Waals surface area contributed by atoms with Gasteiger partial charge in [-0.05, 0) is 102 Å². The van der Waals surface area contributed by atoms with E-state index in [1.54, 1.807) is 12.3 Å². The molecule has 3 aromatic heterocycles. The van der Waals surface area contributed by atoms with Crippen LogP contribution in [0.25, 0.3) is 5.65 Å². The number of halogens is 2. The summed E-state index contributed by atoms with van der Waals surface area (Å²) in [6.07, 6.45) is 8.08. The number of nitrogens with zero attached hydrogens (tertiary/aromatic N) is 5. The maximum absolute atomic E-state index is 13.4. The van der Waals surface area contributed by atoms with Crippen LogP contribution in [0.5, 0.6) is 5.75 Å². The topological polar surface area (TPSA) is 133 Å². The number of hydrogen-bond acceptors (Lipinski definition) is 9. The molecule has 5 heterocycles. The summed E-state index contributed by atoms with van der Waals surface area (Å²) in [5, 5.41) is 8.37. The molecule has 3 aliphatic rings. The van der Waals surface area contributed by atoms with Gasteiger partial charge in [0.15, 0.2) is 0 Å². The van der Waals surface area contributed by atoms with Crippen LogP contribution >= 0.6 is 0 Å². The molecule has 7 rings (SSSR count). The fraction of sp³-hybridized carbons (Fsp3) is 0.488. The van der Waals surface area contributed by atoms with Gasteiger partial charge in [-0.15, -0.1) is 0 Å². The Hall–Kier alpha value is -5.11. The molecule has 2 saturated heterocycles. The number of nitrogens with one attached hydrogen (secondary N) is 3. The largest absolute Gasteiger partial charge is 0.490 e. The maximum atomic E-state index is 13.4. The van der Waals surface area contributed by atoms with Gasteiger partial charge in [-0.1, -0.05) is 12.1 Å². The average Bonchev–Trinajstić information content (AvgIpc) is 3.59. The van der Waals surface area contributed by atoms with Crippen molar-refractivity contribution in [2.75, 3.05) is 42.2 Å². The molecule has 3 amide bonds. The summed E-state index contributed by atoms with van der Waals surface area (Å²) < 4.78 is 34.3. The van der Waals surface area contributed by atoms with Crippen LogP contribution in [0.2, 0.25) is 0 Å². The number of alkyl halides is 2. The van der Waals surface area contributed by atoms with E-state index < -0.39 is 24.1 Å². The van der Waals surface area contributed by atoms with E-state index in [0.717, 1.165) is 75.2 Å². The predicted octanol–water partition coefficient (Wildman–Crippen LogP) is 6.80. The number of fused-ring (bicyclic) bond motifs is 1. The lowest BCUT2D eigenvalue weighted by Crippen LogP contribution is -2.47. The standard InChI is InChI=1S/C41H50F2N8O4/c1-25(2)55-35-21-37-46-34(24-51(37)23-31(35)40(53)47-36-9-5-8-32(45-36)39(42)43)27-12-10-26(11-13-27)22-49(3)29-16-18-50(19-17-29)30-7-4-6-28(20-30)44-33-14-15-38(52)48-41(33)54/h4-9,20-21,23-27,29,33,39,44H,10-19,22H2,1-3H3,(H,45,47,53)(H,48,52,54). The van der Waals surface area contributed by atoms with Gasteiger partial charge >= 0.3 is 0 Å². The highest BCUT2D eigenvalue weighted by Gasteiger charge is 2.30. The Labute approximate surface area is 320 Å². The molecule has 3 N–H and O–H groups in total. The Morgan fingerprint density at radius 2 is 1.75 bits per heavy atom. The molecule has 1 unspecified atom stereocenters. The van der Waals surface area contributed by atoms with Crippen molar-refractivity contribution in [3.63, 3.8) is 0 Å². The second kappa shape index (κ2) is 16.7. The van der Waals surface area contributed by atoms with Gasteiger partial charge in [-0.2, -0.15) is 0 Å². The van der Waals surface area contributed by atoms with E-state index in [9.17, 15) is 23.2 Å². The van der Waals surface area contributed by atoms with Crippen molar-refractivity contribution in [1.29, 1.82) is 0 Å². The molecule has 12 nitrogen and oxygen atoms in total. The van der Waals surface area contributed by atoms with Crippen molar-refractivity contribution >= 4 is 40.6 Å². The van der Waals surface area contributed by atoms with Gasteiger partial charge in [0.05, 0.1) is 17.4 Å². The zero-order chi connectivity index (χ0) is 38.6. The van der Waals surface area contributed by atoms with Gasteiger partial charge < -0.3 is 29.6 Å².